The second kappa shape index (κ2) is 9.37. The van der Waals surface area contributed by atoms with Crippen LogP contribution in [0.1, 0.15) is 25.3 Å². The Bertz CT molecular complexity index is 1020. The van der Waals surface area contributed by atoms with E-state index < -0.39 is 16.9 Å². The number of esters is 1. The van der Waals surface area contributed by atoms with Crippen LogP contribution in [0, 0.1) is 0 Å². The number of rotatable bonds is 8. The van der Waals surface area contributed by atoms with Gasteiger partial charge in [0.2, 0.25) is 10.9 Å². The molecule has 0 aliphatic rings. The molecule has 0 amide bonds. The summed E-state index contributed by atoms with van der Waals surface area (Å²) in [5.74, 6) is 0.0163. The monoisotopic (exact) mass is 397 g/mol. The molecule has 0 unspecified atom stereocenters. The van der Waals surface area contributed by atoms with Gasteiger partial charge in [-0.3, -0.25) is 9.10 Å². The predicted octanol–water partition coefficient (Wildman–Crippen LogP) is 4.12. The summed E-state index contributed by atoms with van der Waals surface area (Å²) >= 11 is 0. The summed E-state index contributed by atoms with van der Waals surface area (Å²) in [7, 11) is -2.79. The van der Waals surface area contributed by atoms with Gasteiger partial charge < -0.3 is 4.74 Å². The number of nitrogens with zero attached hydrogens (tertiary/aromatic N) is 1. The Morgan fingerprint density at radius 1 is 0.893 bits per heavy atom. The molecule has 0 aliphatic heterocycles. The van der Waals surface area contributed by atoms with Crippen LogP contribution in [0.15, 0.2) is 66.7 Å². The first-order chi connectivity index (χ1) is 13.6. The van der Waals surface area contributed by atoms with Gasteiger partial charge in [0.05, 0.1) is 5.69 Å². The van der Waals surface area contributed by atoms with Crippen molar-refractivity contribution in [1.29, 1.82) is 0 Å². The SMILES string of the molecule is CC(=O)Oc1cccc2c(N(CCCCc3ccccc3)[SH](=O)=O)cccc12. The lowest BCUT2D eigenvalue weighted by molar-refractivity contribution is -0.131. The van der Waals surface area contributed by atoms with Gasteiger partial charge in [-0.25, -0.2) is 8.42 Å². The zero-order valence-corrected chi connectivity index (χ0v) is 16.6. The number of carbonyl (C=O) groups is 1. The van der Waals surface area contributed by atoms with Gasteiger partial charge >= 0.3 is 5.97 Å². The van der Waals surface area contributed by atoms with E-state index in [9.17, 15) is 13.2 Å². The zero-order chi connectivity index (χ0) is 19.9. The highest BCUT2D eigenvalue weighted by molar-refractivity contribution is 7.74. The van der Waals surface area contributed by atoms with Crippen LogP contribution in [0.3, 0.4) is 0 Å². The maximum atomic E-state index is 11.9. The number of fused-ring (bicyclic) bond motifs is 1. The third kappa shape index (κ3) is 4.89. The normalized spacial score (nSPS) is 10.9. The quantitative estimate of drug-likeness (QED) is 0.269. The number of hydrogen-bond acceptors (Lipinski definition) is 4. The van der Waals surface area contributed by atoms with E-state index in [-0.39, 0.29) is 0 Å². The van der Waals surface area contributed by atoms with Crippen molar-refractivity contribution in [2.75, 3.05) is 10.8 Å². The van der Waals surface area contributed by atoms with Crippen LogP contribution in [-0.4, -0.2) is 20.9 Å². The molecule has 0 spiro atoms. The van der Waals surface area contributed by atoms with Crippen LogP contribution in [0.5, 0.6) is 5.75 Å². The highest BCUT2D eigenvalue weighted by Gasteiger charge is 2.14. The fourth-order valence-electron chi connectivity index (χ4n) is 3.26. The molecule has 146 valence electrons. The first-order valence-corrected chi connectivity index (χ1v) is 10.3. The van der Waals surface area contributed by atoms with Gasteiger partial charge in [-0.15, -0.1) is 0 Å². The molecule has 3 aromatic carbocycles. The van der Waals surface area contributed by atoms with Gasteiger partial charge in [0, 0.05) is 24.2 Å². The number of benzene rings is 3. The second-order valence-electron chi connectivity index (χ2n) is 6.53. The van der Waals surface area contributed by atoms with E-state index in [2.05, 4.69) is 12.1 Å². The Labute approximate surface area is 166 Å². The average molecular weight is 397 g/mol. The molecule has 0 aliphatic carbocycles. The molecule has 5 nitrogen and oxygen atoms in total. The lowest BCUT2D eigenvalue weighted by Crippen LogP contribution is -2.22. The first kappa shape index (κ1) is 19.9. The van der Waals surface area contributed by atoms with Crippen LogP contribution in [0.25, 0.3) is 10.8 Å². The number of anilines is 1. The molecule has 0 fully saturated rings. The van der Waals surface area contributed by atoms with Crippen molar-refractivity contribution in [2.24, 2.45) is 0 Å². The molecule has 0 aromatic heterocycles. The maximum absolute atomic E-state index is 11.9. The van der Waals surface area contributed by atoms with Gasteiger partial charge in [0.15, 0.2) is 0 Å². The Hall–Kier alpha value is -2.86. The fraction of sp³-hybridized carbons (Fsp3) is 0.227. The molecule has 0 saturated carbocycles. The highest BCUT2D eigenvalue weighted by atomic mass is 32.2. The van der Waals surface area contributed by atoms with Gasteiger partial charge in [-0.05, 0) is 37.0 Å². The minimum Gasteiger partial charge on any atom is -0.426 e. The number of thiol groups is 1. The van der Waals surface area contributed by atoms with Crippen LogP contribution in [0.4, 0.5) is 5.69 Å². The number of carbonyl (C=O) groups excluding carboxylic acids is 1. The predicted molar refractivity (Wildman–Crippen MR) is 112 cm³/mol. The van der Waals surface area contributed by atoms with Crippen LogP contribution in [-0.2, 0) is 22.1 Å². The largest absolute Gasteiger partial charge is 0.426 e. The number of ether oxygens (including phenoxy) is 1. The van der Waals surface area contributed by atoms with Crippen LogP contribution >= 0.6 is 0 Å². The summed E-state index contributed by atoms with van der Waals surface area (Å²) in [6, 6.07) is 20.8. The van der Waals surface area contributed by atoms with E-state index in [1.165, 1.54) is 16.8 Å². The fourth-order valence-corrected chi connectivity index (χ4v) is 3.91. The molecule has 0 saturated heterocycles. The minimum atomic E-state index is -2.79. The zero-order valence-electron chi connectivity index (χ0n) is 15.7. The average Bonchev–Trinajstić information content (AvgIpc) is 2.68. The third-order valence-corrected chi connectivity index (χ3v) is 5.33. The first-order valence-electron chi connectivity index (χ1n) is 9.22. The van der Waals surface area contributed by atoms with Crippen molar-refractivity contribution in [1.82, 2.24) is 0 Å². The molecular formula is C22H23NO4S. The molecule has 3 rings (SSSR count). The van der Waals surface area contributed by atoms with Crippen LogP contribution in [0.2, 0.25) is 0 Å². The van der Waals surface area contributed by atoms with Crippen molar-refractivity contribution in [3.8, 4) is 5.75 Å². The molecule has 3 aromatic rings. The van der Waals surface area contributed by atoms with Gasteiger partial charge in [0.1, 0.15) is 5.75 Å². The Morgan fingerprint density at radius 2 is 1.61 bits per heavy atom. The van der Waals surface area contributed by atoms with E-state index in [1.54, 1.807) is 24.3 Å². The summed E-state index contributed by atoms with van der Waals surface area (Å²) in [5.41, 5.74) is 1.85. The van der Waals surface area contributed by atoms with E-state index in [0.29, 0.717) is 23.4 Å². The molecule has 0 N–H and O–H groups in total. The van der Waals surface area contributed by atoms with Crippen molar-refractivity contribution in [3.63, 3.8) is 0 Å². The molecule has 0 radical (unpaired) electrons. The lowest BCUT2D eigenvalue weighted by atomic mass is 10.1. The summed E-state index contributed by atoms with van der Waals surface area (Å²) in [6.45, 7) is 1.75. The smallest absolute Gasteiger partial charge is 0.308 e. The summed E-state index contributed by atoms with van der Waals surface area (Å²) < 4.78 is 30.6. The van der Waals surface area contributed by atoms with E-state index in [4.69, 9.17) is 4.74 Å². The molecule has 0 atom stereocenters. The summed E-state index contributed by atoms with van der Waals surface area (Å²) in [6.07, 6.45) is 2.56. The van der Waals surface area contributed by atoms with Gasteiger partial charge in [-0.1, -0.05) is 54.6 Å². The Morgan fingerprint density at radius 3 is 2.32 bits per heavy atom. The number of hydrogen-bond donors (Lipinski definition) is 1. The van der Waals surface area contributed by atoms with E-state index in [1.807, 2.05) is 30.3 Å². The summed E-state index contributed by atoms with van der Waals surface area (Å²) in [4.78, 5) is 11.3. The lowest BCUT2D eigenvalue weighted by Gasteiger charge is -2.20. The Balaban J connectivity index is 1.80. The van der Waals surface area contributed by atoms with Crippen molar-refractivity contribution in [2.45, 2.75) is 26.2 Å². The topological polar surface area (TPSA) is 63.7 Å². The van der Waals surface area contributed by atoms with Crippen molar-refractivity contribution < 1.29 is 17.9 Å². The van der Waals surface area contributed by atoms with Gasteiger partial charge in [-0.2, -0.15) is 0 Å². The second-order valence-corrected chi connectivity index (χ2v) is 7.48. The molecule has 0 bridgehead atoms. The van der Waals surface area contributed by atoms with Gasteiger partial charge in [0.25, 0.3) is 0 Å². The highest BCUT2D eigenvalue weighted by Crippen LogP contribution is 2.33. The van der Waals surface area contributed by atoms with E-state index in [0.717, 1.165) is 24.6 Å². The standard InChI is InChI=1S/C22H23NO4S/c1-17(24)27-22-15-8-12-19-20(22)13-7-14-21(19)23(28(25)26)16-6-5-11-18-9-3-2-4-10-18/h2-4,7-10,12-15,28H,5-6,11,16H2,1H3. The number of aryl methyl sites for hydroxylation is 1. The maximum Gasteiger partial charge on any atom is 0.308 e. The van der Waals surface area contributed by atoms with Crippen molar-refractivity contribution >= 4 is 33.3 Å². The number of unbranched alkanes of at least 4 members (excludes halogenated alkanes) is 1. The Kier molecular flexibility index (Phi) is 6.66. The van der Waals surface area contributed by atoms with Crippen molar-refractivity contribution in [3.05, 3.63) is 72.3 Å². The minimum absolute atomic E-state index is 0.405. The summed E-state index contributed by atoms with van der Waals surface area (Å²) in [5, 5.41) is 1.45. The van der Waals surface area contributed by atoms with E-state index >= 15 is 0 Å². The molecule has 6 heteroatoms. The van der Waals surface area contributed by atoms with Crippen LogP contribution < -0.4 is 9.04 Å². The molecule has 28 heavy (non-hydrogen) atoms. The molecule has 0 heterocycles. The molecular weight excluding hydrogens is 374 g/mol. The third-order valence-electron chi connectivity index (χ3n) is 4.52.